The second-order valence-electron chi connectivity index (χ2n) is 6.37. The van der Waals surface area contributed by atoms with Crippen molar-refractivity contribution in [1.29, 1.82) is 0 Å². The van der Waals surface area contributed by atoms with Gasteiger partial charge in [-0.1, -0.05) is 11.6 Å². The number of rotatable bonds is 5. The number of hydrogen-bond acceptors (Lipinski definition) is 4. The molecular formula is C16H25Cl2N3OS. The zero-order valence-corrected chi connectivity index (χ0v) is 15.6. The Morgan fingerprint density at radius 3 is 3.00 bits per heavy atom. The molecule has 0 aromatic carbocycles. The van der Waals surface area contributed by atoms with Gasteiger partial charge in [0.15, 0.2) is 0 Å². The number of carbonyl (C=O) groups is 1. The summed E-state index contributed by atoms with van der Waals surface area (Å²) in [4.78, 5) is 15.9. The molecule has 2 aliphatic rings. The van der Waals surface area contributed by atoms with Gasteiger partial charge in [-0.25, -0.2) is 0 Å². The average Bonchev–Trinajstić information content (AvgIpc) is 3.17. The quantitative estimate of drug-likeness (QED) is 0.828. The molecule has 1 amide bonds. The second kappa shape index (κ2) is 9.23. The maximum atomic E-state index is 12.1. The fourth-order valence-electron chi connectivity index (χ4n) is 3.40. The van der Waals surface area contributed by atoms with Crippen molar-refractivity contribution < 1.29 is 4.79 Å². The number of hydrogen-bond donors (Lipinski definition) is 2. The number of piperidine rings is 1. The van der Waals surface area contributed by atoms with E-state index in [9.17, 15) is 4.79 Å². The van der Waals surface area contributed by atoms with Crippen molar-refractivity contribution in [3.8, 4) is 0 Å². The highest BCUT2D eigenvalue weighted by Gasteiger charge is 2.24. The van der Waals surface area contributed by atoms with Crippen LogP contribution in [0.2, 0.25) is 5.02 Å². The van der Waals surface area contributed by atoms with Crippen molar-refractivity contribution >= 4 is 41.3 Å². The van der Waals surface area contributed by atoms with Crippen LogP contribution in [0.25, 0.3) is 0 Å². The summed E-state index contributed by atoms with van der Waals surface area (Å²) in [6.45, 7) is 4.96. The van der Waals surface area contributed by atoms with E-state index in [1.165, 1.54) is 17.7 Å². The molecule has 3 heterocycles. The fourth-order valence-corrected chi connectivity index (χ4v) is 4.51. The molecule has 1 aromatic heterocycles. The highest BCUT2D eigenvalue weighted by molar-refractivity contribution is 7.10. The summed E-state index contributed by atoms with van der Waals surface area (Å²) in [6.07, 6.45) is 4.50. The number of likely N-dealkylation sites (tertiary alicyclic amines) is 1. The second-order valence-corrected chi connectivity index (χ2v) is 7.80. The number of nitrogens with one attached hydrogen (secondary N) is 2. The van der Waals surface area contributed by atoms with E-state index in [1.54, 1.807) is 11.3 Å². The molecule has 4 nitrogen and oxygen atoms in total. The molecule has 1 aromatic rings. The topological polar surface area (TPSA) is 44.4 Å². The van der Waals surface area contributed by atoms with Crippen LogP contribution in [0.15, 0.2) is 11.4 Å². The maximum Gasteiger partial charge on any atom is 0.237 e. The summed E-state index contributed by atoms with van der Waals surface area (Å²) in [6, 6.07) is 2.09. The molecular weight excluding hydrogens is 353 g/mol. The zero-order valence-electron chi connectivity index (χ0n) is 13.2. The van der Waals surface area contributed by atoms with Gasteiger partial charge in [0.2, 0.25) is 5.91 Å². The molecule has 7 heteroatoms. The third-order valence-corrected chi connectivity index (χ3v) is 5.82. The summed E-state index contributed by atoms with van der Waals surface area (Å²) < 4.78 is 0. The molecule has 2 unspecified atom stereocenters. The average molecular weight is 378 g/mol. The van der Waals surface area contributed by atoms with E-state index >= 15 is 0 Å². The first-order chi connectivity index (χ1) is 10.7. The summed E-state index contributed by atoms with van der Waals surface area (Å²) >= 11 is 7.72. The fraction of sp³-hybridized carbons (Fsp3) is 0.688. The smallest absolute Gasteiger partial charge is 0.237 e. The number of carbonyl (C=O) groups excluding carboxylic acids is 1. The summed E-state index contributed by atoms with van der Waals surface area (Å²) in [5, 5.41) is 9.22. The van der Waals surface area contributed by atoms with Crippen LogP contribution in [-0.2, 0) is 11.3 Å². The molecule has 0 radical (unpaired) electrons. The Hall–Kier alpha value is -0.330. The summed E-state index contributed by atoms with van der Waals surface area (Å²) in [5.41, 5.74) is 0. The molecule has 0 bridgehead atoms. The first kappa shape index (κ1) is 19.0. The molecule has 2 atom stereocenters. The first-order valence-electron chi connectivity index (χ1n) is 8.17. The van der Waals surface area contributed by atoms with Crippen molar-refractivity contribution in [2.24, 2.45) is 5.92 Å². The van der Waals surface area contributed by atoms with Gasteiger partial charge in [0, 0.05) is 29.9 Å². The lowest BCUT2D eigenvalue weighted by atomic mass is 9.97. The lowest BCUT2D eigenvalue weighted by Gasteiger charge is -2.32. The number of amides is 1. The third kappa shape index (κ3) is 5.61. The predicted molar refractivity (Wildman–Crippen MR) is 98.6 cm³/mol. The van der Waals surface area contributed by atoms with Crippen LogP contribution in [0, 0.1) is 5.92 Å². The Balaban J connectivity index is 0.00000192. The molecule has 2 fully saturated rings. The summed E-state index contributed by atoms with van der Waals surface area (Å²) in [7, 11) is 0. The van der Waals surface area contributed by atoms with Gasteiger partial charge in [0.1, 0.15) is 0 Å². The molecule has 0 spiro atoms. The van der Waals surface area contributed by atoms with Gasteiger partial charge in [-0.05, 0) is 50.8 Å². The molecule has 3 rings (SSSR count). The zero-order chi connectivity index (χ0) is 15.4. The highest BCUT2D eigenvalue weighted by atomic mass is 35.5. The van der Waals surface area contributed by atoms with Gasteiger partial charge < -0.3 is 10.6 Å². The predicted octanol–water partition coefficient (Wildman–Crippen LogP) is 2.90. The summed E-state index contributed by atoms with van der Waals surface area (Å²) in [5.74, 6) is 0.745. The van der Waals surface area contributed by atoms with Crippen LogP contribution >= 0.6 is 35.3 Å². The molecule has 23 heavy (non-hydrogen) atoms. The number of halogens is 2. The number of thiophene rings is 1. The number of nitrogens with zero attached hydrogens (tertiary/aromatic N) is 1. The Labute approximate surface area is 153 Å². The monoisotopic (exact) mass is 377 g/mol. The Bertz CT molecular complexity index is 505. The van der Waals surface area contributed by atoms with E-state index in [-0.39, 0.29) is 24.4 Å². The minimum atomic E-state index is 0. The van der Waals surface area contributed by atoms with Gasteiger partial charge >= 0.3 is 0 Å². The Morgan fingerprint density at radius 1 is 1.43 bits per heavy atom. The molecule has 2 aliphatic heterocycles. The van der Waals surface area contributed by atoms with Gasteiger partial charge in [0.25, 0.3) is 0 Å². The van der Waals surface area contributed by atoms with E-state index in [1.807, 2.05) is 5.38 Å². The maximum absolute atomic E-state index is 12.1. The lowest BCUT2D eigenvalue weighted by molar-refractivity contribution is -0.123. The van der Waals surface area contributed by atoms with Crippen LogP contribution in [-0.4, -0.2) is 43.0 Å². The minimum absolute atomic E-state index is 0. The van der Waals surface area contributed by atoms with E-state index < -0.39 is 0 Å². The third-order valence-electron chi connectivity index (χ3n) is 4.55. The molecule has 2 saturated heterocycles. The van der Waals surface area contributed by atoms with Gasteiger partial charge in [-0.15, -0.1) is 23.7 Å². The van der Waals surface area contributed by atoms with E-state index in [4.69, 9.17) is 11.6 Å². The van der Waals surface area contributed by atoms with Crippen LogP contribution in [0.1, 0.15) is 30.6 Å². The van der Waals surface area contributed by atoms with Gasteiger partial charge in [-0.2, -0.15) is 0 Å². The first-order valence-corrected chi connectivity index (χ1v) is 9.43. The van der Waals surface area contributed by atoms with Crippen LogP contribution < -0.4 is 10.6 Å². The van der Waals surface area contributed by atoms with Crippen molar-refractivity contribution in [3.63, 3.8) is 0 Å². The van der Waals surface area contributed by atoms with Crippen molar-refractivity contribution in [3.05, 3.63) is 21.3 Å². The van der Waals surface area contributed by atoms with E-state index in [2.05, 4.69) is 21.6 Å². The normalized spacial score (nSPS) is 25.1. The molecule has 0 aliphatic carbocycles. The van der Waals surface area contributed by atoms with Crippen LogP contribution in [0.3, 0.4) is 0 Å². The van der Waals surface area contributed by atoms with E-state index in [0.29, 0.717) is 5.92 Å². The Morgan fingerprint density at radius 2 is 2.30 bits per heavy atom. The van der Waals surface area contributed by atoms with Crippen molar-refractivity contribution in [2.75, 3.05) is 26.2 Å². The van der Waals surface area contributed by atoms with E-state index in [0.717, 1.165) is 50.6 Å². The minimum Gasteiger partial charge on any atom is -0.354 e. The lowest BCUT2D eigenvalue weighted by Crippen LogP contribution is -2.45. The Kier molecular flexibility index (Phi) is 7.63. The van der Waals surface area contributed by atoms with Gasteiger partial charge in [-0.3, -0.25) is 9.69 Å². The molecule has 2 N–H and O–H groups in total. The van der Waals surface area contributed by atoms with Crippen molar-refractivity contribution in [2.45, 2.75) is 38.3 Å². The van der Waals surface area contributed by atoms with Crippen molar-refractivity contribution in [1.82, 2.24) is 15.5 Å². The van der Waals surface area contributed by atoms with Crippen LogP contribution in [0.5, 0.6) is 0 Å². The largest absolute Gasteiger partial charge is 0.354 e. The standard InChI is InChI=1S/C16H24ClN3OS.ClH/c17-13-7-14(22-11-13)10-20-6-2-3-12(9-20)8-19-16(21)15-4-1-5-18-15;/h7,11-12,15,18H,1-6,8-10H2,(H,19,21);1H. The van der Waals surface area contributed by atoms with Crippen LogP contribution in [0.4, 0.5) is 0 Å². The molecule has 0 saturated carbocycles. The van der Waals surface area contributed by atoms with Gasteiger partial charge in [0.05, 0.1) is 11.1 Å². The molecule has 130 valence electrons. The SMILES string of the molecule is Cl.O=C(NCC1CCCN(Cc2cc(Cl)cs2)C1)C1CCCN1. The highest BCUT2D eigenvalue weighted by Crippen LogP contribution is 2.23.